The van der Waals surface area contributed by atoms with Crippen molar-refractivity contribution in [2.75, 3.05) is 6.61 Å². The largest absolute Gasteiger partial charge is 0.488 e. The maximum Gasteiger partial charge on any atom is 0.172 e. The van der Waals surface area contributed by atoms with E-state index < -0.39 is 0 Å². The van der Waals surface area contributed by atoms with Crippen molar-refractivity contribution >= 4 is 17.4 Å². The number of para-hydroxylation sites is 1. The number of hydrogen-bond acceptors (Lipinski definition) is 3. The molecular weight excluding hydrogens is 264 g/mol. The van der Waals surface area contributed by atoms with Crippen molar-refractivity contribution in [2.24, 2.45) is 0 Å². The fourth-order valence-corrected chi connectivity index (χ4v) is 2.10. The van der Waals surface area contributed by atoms with Gasteiger partial charge in [-0.25, -0.2) is 0 Å². The van der Waals surface area contributed by atoms with E-state index in [2.05, 4.69) is 0 Å². The molecule has 0 spiro atoms. The summed E-state index contributed by atoms with van der Waals surface area (Å²) in [7, 11) is 0. The SMILES string of the molecule is O=C1CCOc2c(Oc3ccc(Cl)cc3)cccc21. The van der Waals surface area contributed by atoms with Gasteiger partial charge in [-0.1, -0.05) is 17.7 Å². The molecule has 1 aliphatic rings. The molecule has 0 aromatic heterocycles. The molecule has 0 unspecified atom stereocenters. The third kappa shape index (κ3) is 2.42. The number of carbonyl (C=O) groups excluding carboxylic acids is 1. The normalized spacial score (nSPS) is 13.6. The fraction of sp³-hybridized carbons (Fsp3) is 0.133. The Labute approximate surface area is 115 Å². The van der Waals surface area contributed by atoms with Crippen LogP contribution in [-0.2, 0) is 0 Å². The van der Waals surface area contributed by atoms with E-state index in [9.17, 15) is 4.79 Å². The number of ether oxygens (including phenoxy) is 2. The van der Waals surface area contributed by atoms with Crippen molar-refractivity contribution in [3.8, 4) is 17.2 Å². The van der Waals surface area contributed by atoms with Crippen molar-refractivity contribution in [3.05, 3.63) is 53.1 Å². The topological polar surface area (TPSA) is 35.5 Å². The molecule has 0 atom stereocenters. The highest BCUT2D eigenvalue weighted by Crippen LogP contribution is 2.37. The van der Waals surface area contributed by atoms with Crippen LogP contribution in [0.15, 0.2) is 42.5 Å². The summed E-state index contributed by atoms with van der Waals surface area (Å²) >= 11 is 5.82. The highest BCUT2D eigenvalue weighted by molar-refractivity contribution is 6.30. The highest BCUT2D eigenvalue weighted by atomic mass is 35.5. The summed E-state index contributed by atoms with van der Waals surface area (Å²) in [5.41, 5.74) is 0.581. The third-order valence-electron chi connectivity index (χ3n) is 2.90. The number of benzene rings is 2. The smallest absolute Gasteiger partial charge is 0.172 e. The molecule has 0 bridgehead atoms. The molecule has 19 heavy (non-hydrogen) atoms. The van der Waals surface area contributed by atoms with Gasteiger partial charge in [0.05, 0.1) is 12.2 Å². The lowest BCUT2D eigenvalue weighted by atomic mass is 10.0. The van der Waals surface area contributed by atoms with Gasteiger partial charge in [0.1, 0.15) is 5.75 Å². The summed E-state index contributed by atoms with van der Waals surface area (Å²) in [5, 5.41) is 0.647. The van der Waals surface area contributed by atoms with E-state index >= 15 is 0 Å². The van der Waals surface area contributed by atoms with E-state index in [1.807, 2.05) is 0 Å². The van der Waals surface area contributed by atoms with Crippen LogP contribution < -0.4 is 9.47 Å². The maximum absolute atomic E-state index is 11.8. The lowest BCUT2D eigenvalue weighted by molar-refractivity contribution is 0.0931. The van der Waals surface area contributed by atoms with E-state index in [-0.39, 0.29) is 5.78 Å². The molecule has 1 aliphatic heterocycles. The Hall–Kier alpha value is -2.00. The zero-order valence-corrected chi connectivity index (χ0v) is 10.8. The van der Waals surface area contributed by atoms with Gasteiger partial charge in [0.25, 0.3) is 0 Å². The molecular formula is C15H11ClO3. The zero-order chi connectivity index (χ0) is 13.2. The summed E-state index contributed by atoms with van der Waals surface area (Å²) in [5.74, 6) is 1.81. The van der Waals surface area contributed by atoms with Crippen LogP contribution >= 0.6 is 11.6 Å². The van der Waals surface area contributed by atoms with E-state index in [1.165, 1.54) is 0 Å². The maximum atomic E-state index is 11.8. The van der Waals surface area contributed by atoms with Crippen LogP contribution in [0, 0.1) is 0 Å². The van der Waals surface area contributed by atoms with Crippen LogP contribution in [0.3, 0.4) is 0 Å². The molecule has 0 fully saturated rings. The number of ketones is 1. The number of hydrogen-bond donors (Lipinski definition) is 0. The lowest BCUT2D eigenvalue weighted by Gasteiger charge is -2.19. The molecule has 96 valence electrons. The lowest BCUT2D eigenvalue weighted by Crippen LogP contribution is -2.15. The van der Waals surface area contributed by atoms with Gasteiger partial charge < -0.3 is 9.47 Å². The van der Waals surface area contributed by atoms with E-state index in [4.69, 9.17) is 21.1 Å². The van der Waals surface area contributed by atoms with E-state index in [0.717, 1.165) is 0 Å². The van der Waals surface area contributed by atoms with Gasteiger partial charge in [-0.2, -0.15) is 0 Å². The predicted octanol–water partition coefficient (Wildman–Crippen LogP) is 4.10. The summed E-state index contributed by atoms with van der Waals surface area (Å²) in [6, 6.07) is 12.4. The van der Waals surface area contributed by atoms with Crippen LogP contribution in [-0.4, -0.2) is 12.4 Å². The Balaban J connectivity index is 1.95. The molecule has 2 aromatic rings. The molecule has 0 saturated carbocycles. The monoisotopic (exact) mass is 274 g/mol. The predicted molar refractivity (Wildman–Crippen MR) is 72.4 cm³/mol. The molecule has 2 aromatic carbocycles. The summed E-state index contributed by atoms with van der Waals surface area (Å²) < 4.78 is 11.3. The Bertz CT molecular complexity index is 620. The first-order valence-electron chi connectivity index (χ1n) is 5.96. The van der Waals surface area contributed by atoms with Crippen LogP contribution in [0.4, 0.5) is 0 Å². The number of Topliss-reactive ketones (excluding diaryl/α,β-unsaturated/α-hetero) is 1. The van der Waals surface area contributed by atoms with Crippen molar-refractivity contribution in [2.45, 2.75) is 6.42 Å². The van der Waals surface area contributed by atoms with Crippen LogP contribution in [0.1, 0.15) is 16.8 Å². The van der Waals surface area contributed by atoms with Gasteiger partial charge in [-0.3, -0.25) is 4.79 Å². The zero-order valence-electron chi connectivity index (χ0n) is 10.1. The van der Waals surface area contributed by atoms with Crippen molar-refractivity contribution < 1.29 is 14.3 Å². The summed E-state index contributed by atoms with van der Waals surface area (Å²) in [6.45, 7) is 0.396. The molecule has 0 N–H and O–H groups in total. The quantitative estimate of drug-likeness (QED) is 0.827. The fourth-order valence-electron chi connectivity index (χ4n) is 1.97. The van der Waals surface area contributed by atoms with Gasteiger partial charge in [0.15, 0.2) is 17.3 Å². The van der Waals surface area contributed by atoms with Gasteiger partial charge in [0.2, 0.25) is 0 Å². The van der Waals surface area contributed by atoms with Gasteiger partial charge >= 0.3 is 0 Å². The first-order chi connectivity index (χ1) is 9.24. The molecule has 3 nitrogen and oxygen atoms in total. The number of rotatable bonds is 2. The molecule has 4 heteroatoms. The standard InChI is InChI=1S/C15H11ClO3/c16-10-4-6-11(7-5-10)19-14-3-1-2-12-13(17)8-9-18-15(12)14/h1-7H,8-9H2. The third-order valence-corrected chi connectivity index (χ3v) is 3.15. The molecule has 0 amide bonds. The van der Waals surface area contributed by atoms with Crippen molar-refractivity contribution in [1.82, 2.24) is 0 Å². The van der Waals surface area contributed by atoms with Gasteiger partial charge in [0, 0.05) is 11.4 Å². The van der Waals surface area contributed by atoms with Crippen LogP contribution in [0.2, 0.25) is 5.02 Å². The average molecular weight is 275 g/mol. The van der Waals surface area contributed by atoms with Crippen LogP contribution in [0.5, 0.6) is 17.2 Å². The minimum Gasteiger partial charge on any atom is -0.488 e. The Kier molecular flexibility index (Phi) is 3.13. The Morgan fingerprint density at radius 2 is 1.89 bits per heavy atom. The van der Waals surface area contributed by atoms with Crippen molar-refractivity contribution in [3.63, 3.8) is 0 Å². The first-order valence-corrected chi connectivity index (χ1v) is 6.34. The number of halogens is 1. The van der Waals surface area contributed by atoms with Gasteiger partial charge in [-0.15, -0.1) is 0 Å². The minimum absolute atomic E-state index is 0.0859. The molecule has 1 heterocycles. The second-order valence-corrected chi connectivity index (χ2v) is 4.65. The Morgan fingerprint density at radius 1 is 1.11 bits per heavy atom. The molecule has 3 rings (SSSR count). The summed E-state index contributed by atoms with van der Waals surface area (Å²) in [6.07, 6.45) is 0.414. The molecule has 0 radical (unpaired) electrons. The number of fused-ring (bicyclic) bond motifs is 1. The van der Waals surface area contributed by atoms with Crippen LogP contribution in [0.25, 0.3) is 0 Å². The summed E-state index contributed by atoms with van der Waals surface area (Å²) in [4.78, 5) is 11.8. The average Bonchev–Trinajstić information content (AvgIpc) is 2.43. The first kappa shape index (κ1) is 12.1. The second-order valence-electron chi connectivity index (χ2n) is 4.21. The highest BCUT2D eigenvalue weighted by Gasteiger charge is 2.22. The second kappa shape index (κ2) is 4.94. The number of carbonyl (C=O) groups is 1. The minimum atomic E-state index is 0.0859. The Morgan fingerprint density at radius 3 is 2.68 bits per heavy atom. The van der Waals surface area contributed by atoms with E-state index in [1.54, 1.807) is 42.5 Å². The molecule has 0 saturated heterocycles. The van der Waals surface area contributed by atoms with Crippen molar-refractivity contribution in [1.29, 1.82) is 0 Å². The van der Waals surface area contributed by atoms with Gasteiger partial charge in [-0.05, 0) is 36.4 Å². The molecule has 0 aliphatic carbocycles. The van der Waals surface area contributed by atoms with E-state index in [0.29, 0.717) is 40.9 Å².